The molecular formula is C24H31N3O2. The molecule has 1 amide bonds. The summed E-state index contributed by atoms with van der Waals surface area (Å²) in [6.07, 6.45) is 8.25. The second-order valence-corrected chi connectivity index (χ2v) is 8.62. The maximum Gasteiger partial charge on any atom is 0.255 e. The second kappa shape index (κ2) is 8.54. The Morgan fingerprint density at radius 3 is 2.55 bits per heavy atom. The molecule has 0 bridgehead atoms. The number of hydrogen-bond acceptors (Lipinski definition) is 3. The third kappa shape index (κ3) is 4.15. The summed E-state index contributed by atoms with van der Waals surface area (Å²) in [6, 6.07) is 14.5. The van der Waals surface area contributed by atoms with Gasteiger partial charge in [0.2, 0.25) is 5.56 Å². The summed E-state index contributed by atoms with van der Waals surface area (Å²) in [4.78, 5) is 30.1. The molecule has 29 heavy (non-hydrogen) atoms. The zero-order chi connectivity index (χ0) is 20.4. The van der Waals surface area contributed by atoms with E-state index in [0.717, 1.165) is 25.8 Å². The molecule has 4 rings (SSSR count). The quantitative estimate of drug-likeness (QED) is 0.805. The Balaban J connectivity index is 1.68. The van der Waals surface area contributed by atoms with Gasteiger partial charge in [-0.1, -0.05) is 43.2 Å². The molecule has 0 N–H and O–H groups in total. The lowest BCUT2D eigenvalue weighted by Crippen LogP contribution is -2.48. The molecule has 0 radical (unpaired) electrons. The van der Waals surface area contributed by atoms with Crippen molar-refractivity contribution in [3.63, 3.8) is 0 Å². The summed E-state index contributed by atoms with van der Waals surface area (Å²) in [6.45, 7) is 1.10. The zero-order valence-electron chi connectivity index (χ0n) is 17.5. The monoisotopic (exact) mass is 393 g/mol. The number of likely N-dealkylation sites (tertiary alicyclic amines) is 2. The van der Waals surface area contributed by atoms with Gasteiger partial charge < -0.3 is 14.4 Å². The van der Waals surface area contributed by atoms with Gasteiger partial charge in [-0.25, -0.2) is 0 Å². The van der Waals surface area contributed by atoms with Gasteiger partial charge in [0, 0.05) is 37.4 Å². The van der Waals surface area contributed by atoms with Crippen molar-refractivity contribution < 1.29 is 4.79 Å². The zero-order valence-corrected chi connectivity index (χ0v) is 17.5. The first kappa shape index (κ1) is 19.9. The number of aryl methyl sites for hydroxylation is 1. The smallest absolute Gasteiger partial charge is 0.255 e. The first-order valence-electron chi connectivity index (χ1n) is 10.8. The van der Waals surface area contributed by atoms with Crippen LogP contribution in [0.15, 0.2) is 53.5 Å². The van der Waals surface area contributed by atoms with Crippen LogP contribution in [0.4, 0.5) is 0 Å². The van der Waals surface area contributed by atoms with Crippen molar-refractivity contribution in [1.82, 2.24) is 14.4 Å². The molecule has 2 aliphatic heterocycles. The third-order valence-electron chi connectivity index (χ3n) is 6.67. The Labute approximate surface area is 172 Å². The van der Waals surface area contributed by atoms with Crippen LogP contribution in [0.3, 0.4) is 0 Å². The minimum absolute atomic E-state index is 0.0583. The van der Waals surface area contributed by atoms with Gasteiger partial charge in [0.25, 0.3) is 5.91 Å². The van der Waals surface area contributed by atoms with E-state index >= 15 is 0 Å². The highest BCUT2D eigenvalue weighted by Crippen LogP contribution is 2.35. The number of pyridine rings is 1. The maximum atomic E-state index is 13.7. The molecule has 2 fully saturated rings. The lowest BCUT2D eigenvalue weighted by molar-refractivity contribution is 0.0603. The van der Waals surface area contributed by atoms with Gasteiger partial charge in [0.05, 0.1) is 5.56 Å². The summed E-state index contributed by atoms with van der Waals surface area (Å²) >= 11 is 0. The number of aromatic nitrogens is 1. The van der Waals surface area contributed by atoms with Crippen molar-refractivity contribution in [3.05, 3.63) is 70.1 Å². The normalized spacial score (nSPS) is 25.3. The van der Waals surface area contributed by atoms with Gasteiger partial charge in [0.1, 0.15) is 0 Å². The summed E-state index contributed by atoms with van der Waals surface area (Å²) < 4.78 is 1.50. The van der Waals surface area contributed by atoms with Crippen LogP contribution in [0.1, 0.15) is 48.0 Å². The number of benzene rings is 1. The van der Waals surface area contributed by atoms with Gasteiger partial charge >= 0.3 is 0 Å². The molecule has 3 heterocycles. The molecule has 0 saturated carbocycles. The van der Waals surface area contributed by atoms with E-state index in [0.29, 0.717) is 11.6 Å². The molecule has 0 aliphatic carbocycles. The summed E-state index contributed by atoms with van der Waals surface area (Å²) in [5, 5.41) is 0. The highest BCUT2D eigenvalue weighted by molar-refractivity contribution is 5.94. The Bertz CT molecular complexity index is 908. The van der Waals surface area contributed by atoms with Gasteiger partial charge in [-0.05, 0) is 50.9 Å². The SMILES string of the molecule is CN1CCCCC[C@@H]2[C@@H]1C[C@@H](Cc1ccccc1)N2C(=O)c1ccc(=O)n(C)c1. The van der Waals surface area contributed by atoms with Crippen LogP contribution in [-0.4, -0.2) is 52.0 Å². The Hall–Kier alpha value is -2.40. The standard InChI is InChI=1S/C24H31N3O2/c1-25-14-8-4-7-11-21-22(25)16-20(15-18-9-5-3-6-10-18)27(21)24(29)19-12-13-23(28)26(2)17-19/h3,5-6,9-10,12-13,17,20-22H,4,7-8,11,14-16H2,1-2H3/t20-,21-,22+/m1/s1. The first-order valence-corrected chi connectivity index (χ1v) is 10.8. The number of likely N-dealkylation sites (N-methyl/N-ethyl adjacent to an activating group) is 1. The second-order valence-electron chi connectivity index (χ2n) is 8.62. The predicted molar refractivity (Wildman–Crippen MR) is 115 cm³/mol. The van der Waals surface area contributed by atoms with E-state index in [1.807, 2.05) is 6.07 Å². The van der Waals surface area contributed by atoms with Gasteiger partial charge in [-0.3, -0.25) is 9.59 Å². The largest absolute Gasteiger partial charge is 0.331 e. The Kier molecular flexibility index (Phi) is 5.86. The number of amides is 1. The lowest BCUT2D eigenvalue weighted by atomic mass is 9.96. The Morgan fingerprint density at radius 1 is 1.00 bits per heavy atom. The van der Waals surface area contributed by atoms with E-state index in [2.05, 4.69) is 41.1 Å². The van der Waals surface area contributed by atoms with E-state index < -0.39 is 0 Å². The molecular weight excluding hydrogens is 362 g/mol. The van der Waals surface area contributed by atoms with Gasteiger partial charge in [-0.15, -0.1) is 0 Å². The molecule has 2 saturated heterocycles. The van der Waals surface area contributed by atoms with Crippen molar-refractivity contribution in [2.24, 2.45) is 7.05 Å². The Morgan fingerprint density at radius 2 is 1.79 bits per heavy atom. The average Bonchev–Trinajstić information content (AvgIpc) is 3.06. The van der Waals surface area contributed by atoms with Crippen LogP contribution < -0.4 is 5.56 Å². The third-order valence-corrected chi connectivity index (χ3v) is 6.67. The number of hydrogen-bond donors (Lipinski definition) is 0. The summed E-state index contributed by atoms with van der Waals surface area (Å²) in [5.74, 6) is 0.0583. The molecule has 0 unspecified atom stereocenters. The molecule has 1 aromatic heterocycles. The fourth-order valence-electron chi connectivity index (χ4n) is 5.12. The van der Waals surface area contributed by atoms with Crippen LogP contribution in [-0.2, 0) is 13.5 Å². The number of fused-ring (bicyclic) bond motifs is 1. The van der Waals surface area contributed by atoms with E-state index in [4.69, 9.17) is 0 Å². The highest BCUT2D eigenvalue weighted by Gasteiger charge is 2.45. The number of carbonyl (C=O) groups excluding carboxylic acids is 1. The fourth-order valence-corrected chi connectivity index (χ4v) is 5.12. The van der Waals surface area contributed by atoms with Gasteiger partial charge in [0.15, 0.2) is 0 Å². The molecule has 2 aliphatic rings. The molecule has 3 atom stereocenters. The van der Waals surface area contributed by atoms with Crippen molar-refractivity contribution in [1.29, 1.82) is 0 Å². The van der Waals surface area contributed by atoms with Crippen LogP contribution in [0.5, 0.6) is 0 Å². The highest BCUT2D eigenvalue weighted by atomic mass is 16.2. The van der Waals surface area contributed by atoms with E-state index in [1.165, 1.54) is 35.5 Å². The summed E-state index contributed by atoms with van der Waals surface area (Å²) in [5.41, 5.74) is 1.79. The van der Waals surface area contributed by atoms with Crippen molar-refractivity contribution >= 4 is 5.91 Å². The number of rotatable bonds is 3. The maximum absolute atomic E-state index is 13.7. The molecule has 2 aromatic rings. The molecule has 0 spiro atoms. The molecule has 154 valence electrons. The van der Waals surface area contributed by atoms with E-state index in [9.17, 15) is 9.59 Å². The fraction of sp³-hybridized carbons (Fsp3) is 0.500. The first-order chi connectivity index (χ1) is 14.0. The molecule has 5 nitrogen and oxygen atoms in total. The number of carbonyl (C=O) groups is 1. The number of nitrogens with zero attached hydrogens (tertiary/aromatic N) is 3. The van der Waals surface area contributed by atoms with Crippen LogP contribution >= 0.6 is 0 Å². The average molecular weight is 394 g/mol. The summed E-state index contributed by atoms with van der Waals surface area (Å²) in [7, 11) is 3.92. The topological polar surface area (TPSA) is 45.6 Å². The van der Waals surface area contributed by atoms with Crippen LogP contribution in [0.2, 0.25) is 0 Å². The minimum atomic E-state index is -0.0904. The van der Waals surface area contributed by atoms with Crippen molar-refractivity contribution in [3.8, 4) is 0 Å². The molecule has 5 heteroatoms. The van der Waals surface area contributed by atoms with Crippen LogP contribution in [0.25, 0.3) is 0 Å². The van der Waals surface area contributed by atoms with Crippen molar-refractivity contribution in [2.75, 3.05) is 13.6 Å². The van der Waals surface area contributed by atoms with Crippen molar-refractivity contribution in [2.45, 2.75) is 56.7 Å². The molecule has 1 aromatic carbocycles. The van der Waals surface area contributed by atoms with Crippen LogP contribution in [0, 0.1) is 0 Å². The lowest BCUT2D eigenvalue weighted by Gasteiger charge is -2.36. The predicted octanol–water partition coefficient (Wildman–Crippen LogP) is 3.09. The minimum Gasteiger partial charge on any atom is -0.331 e. The van der Waals surface area contributed by atoms with E-state index in [-0.39, 0.29) is 23.6 Å². The van der Waals surface area contributed by atoms with E-state index in [1.54, 1.807) is 19.3 Å². The van der Waals surface area contributed by atoms with Gasteiger partial charge in [-0.2, -0.15) is 0 Å².